The Morgan fingerprint density at radius 1 is 0.960 bits per heavy atom. The number of nitrogens with one attached hydrogen (secondary N) is 2. The Morgan fingerprint density at radius 3 is 2.44 bits per heavy atom. The topological polar surface area (TPSA) is 66.9 Å². The van der Waals surface area contributed by atoms with E-state index in [1.807, 2.05) is 6.07 Å². The summed E-state index contributed by atoms with van der Waals surface area (Å²) < 4.78 is 26.0. The second kappa shape index (κ2) is 7.23. The highest BCUT2D eigenvalue weighted by molar-refractivity contribution is 6.33. The van der Waals surface area contributed by atoms with Crippen LogP contribution >= 0.6 is 11.6 Å². The van der Waals surface area contributed by atoms with Gasteiger partial charge in [-0.25, -0.2) is 8.78 Å². The second-order valence-electron chi connectivity index (χ2n) is 4.99. The highest BCUT2D eigenvalue weighted by atomic mass is 35.5. The number of benzene rings is 2. The van der Waals surface area contributed by atoms with Crippen molar-refractivity contribution in [1.29, 1.82) is 0 Å². The molecule has 3 aromatic rings. The molecule has 0 fully saturated rings. The van der Waals surface area contributed by atoms with Gasteiger partial charge in [0.15, 0.2) is 23.1 Å². The lowest BCUT2D eigenvalue weighted by molar-refractivity contribution is 0.102. The van der Waals surface area contributed by atoms with Gasteiger partial charge in [-0.3, -0.25) is 4.79 Å². The molecule has 1 heterocycles. The van der Waals surface area contributed by atoms with Crippen molar-refractivity contribution < 1.29 is 13.6 Å². The minimum absolute atomic E-state index is 0.0226. The minimum Gasteiger partial charge on any atom is -0.338 e. The van der Waals surface area contributed by atoms with Crippen molar-refractivity contribution >= 4 is 34.7 Å². The molecule has 0 radical (unpaired) electrons. The molecule has 0 saturated heterocycles. The minimum atomic E-state index is -1.05. The van der Waals surface area contributed by atoms with Crippen LogP contribution in [-0.2, 0) is 0 Å². The number of anilines is 3. The number of carbonyl (C=O) groups excluding carboxylic acids is 1. The summed E-state index contributed by atoms with van der Waals surface area (Å²) in [5, 5.41) is 13.6. The van der Waals surface area contributed by atoms with Crippen LogP contribution in [0.4, 0.5) is 26.0 Å². The highest BCUT2D eigenvalue weighted by Crippen LogP contribution is 2.23. The summed E-state index contributed by atoms with van der Waals surface area (Å²) >= 11 is 6.04. The van der Waals surface area contributed by atoms with Crippen LogP contribution in [0.2, 0.25) is 5.02 Å². The van der Waals surface area contributed by atoms with Gasteiger partial charge in [-0.2, -0.15) is 0 Å². The van der Waals surface area contributed by atoms with Crippen molar-refractivity contribution in [2.75, 3.05) is 10.6 Å². The third-order valence-corrected chi connectivity index (χ3v) is 3.54. The standard InChI is InChI=1S/C17H11ClF2N4O/c18-11-3-1-2-4-14(11)22-16-8-7-15(23-24-16)17(25)21-10-5-6-12(19)13(20)9-10/h1-9H,(H,21,25)(H,22,24). The number of nitrogens with zero attached hydrogens (tertiary/aromatic N) is 2. The van der Waals surface area contributed by atoms with Crippen molar-refractivity contribution in [1.82, 2.24) is 10.2 Å². The Morgan fingerprint density at radius 2 is 1.76 bits per heavy atom. The molecule has 5 nitrogen and oxygen atoms in total. The van der Waals surface area contributed by atoms with Crippen LogP contribution in [0.5, 0.6) is 0 Å². The van der Waals surface area contributed by atoms with Crippen LogP contribution < -0.4 is 10.6 Å². The van der Waals surface area contributed by atoms with Crippen molar-refractivity contribution in [3.05, 3.63) is 76.9 Å². The first-order valence-electron chi connectivity index (χ1n) is 7.14. The summed E-state index contributed by atoms with van der Waals surface area (Å²) in [4.78, 5) is 12.1. The van der Waals surface area contributed by atoms with Gasteiger partial charge in [0, 0.05) is 11.8 Å². The van der Waals surface area contributed by atoms with E-state index in [1.54, 1.807) is 24.3 Å². The van der Waals surface area contributed by atoms with Crippen molar-refractivity contribution in [3.8, 4) is 0 Å². The van der Waals surface area contributed by atoms with Gasteiger partial charge in [0.1, 0.15) is 0 Å². The first-order valence-corrected chi connectivity index (χ1v) is 7.52. The van der Waals surface area contributed by atoms with Gasteiger partial charge >= 0.3 is 0 Å². The Bertz CT molecular complexity index is 919. The Balaban J connectivity index is 1.70. The third kappa shape index (κ3) is 4.07. The van der Waals surface area contributed by atoms with E-state index in [-0.39, 0.29) is 11.4 Å². The molecule has 0 spiro atoms. The molecule has 0 saturated carbocycles. The average molecular weight is 361 g/mol. The van der Waals surface area contributed by atoms with Crippen LogP contribution in [0.3, 0.4) is 0 Å². The maximum atomic E-state index is 13.2. The van der Waals surface area contributed by atoms with Gasteiger partial charge in [0.25, 0.3) is 5.91 Å². The van der Waals surface area contributed by atoms with E-state index in [4.69, 9.17) is 11.6 Å². The molecule has 0 aliphatic carbocycles. The van der Waals surface area contributed by atoms with Gasteiger partial charge in [-0.1, -0.05) is 23.7 Å². The van der Waals surface area contributed by atoms with Crippen LogP contribution in [0.1, 0.15) is 10.5 Å². The number of aromatic nitrogens is 2. The molecule has 0 aliphatic rings. The fraction of sp³-hybridized carbons (Fsp3) is 0. The fourth-order valence-corrected chi connectivity index (χ4v) is 2.17. The molecule has 8 heteroatoms. The zero-order valence-electron chi connectivity index (χ0n) is 12.6. The molecule has 1 aromatic heterocycles. The zero-order chi connectivity index (χ0) is 17.8. The molecule has 0 bridgehead atoms. The quantitative estimate of drug-likeness (QED) is 0.723. The number of amides is 1. The van der Waals surface area contributed by atoms with Crippen molar-refractivity contribution in [3.63, 3.8) is 0 Å². The lowest BCUT2D eigenvalue weighted by Crippen LogP contribution is -2.14. The van der Waals surface area contributed by atoms with Crippen LogP contribution in [-0.4, -0.2) is 16.1 Å². The molecule has 2 aromatic carbocycles. The first kappa shape index (κ1) is 16.8. The number of hydrogen-bond acceptors (Lipinski definition) is 4. The smallest absolute Gasteiger partial charge is 0.276 e. The summed E-state index contributed by atoms with van der Waals surface area (Å²) in [6.45, 7) is 0. The van der Waals surface area contributed by atoms with Crippen LogP contribution in [0.15, 0.2) is 54.6 Å². The molecular formula is C17H11ClF2N4O. The predicted octanol–water partition coefficient (Wildman–Crippen LogP) is 4.40. The van der Waals surface area contributed by atoms with Gasteiger partial charge in [0.05, 0.1) is 10.7 Å². The normalized spacial score (nSPS) is 10.4. The second-order valence-corrected chi connectivity index (χ2v) is 5.40. The summed E-state index contributed by atoms with van der Waals surface area (Å²) in [7, 11) is 0. The van der Waals surface area contributed by atoms with E-state index < -0.39 is 17.5 Å². The molecule has 3 rings (SSSR count). The highest BCUT2D eigenvalue weighted by Gasteiger charge is 2.11. The molecule has 1 amide bonds. The van der Waals surface area contributed by atoms with E-state index in [0.717, 1.165) is 12.1 Å². The van der Waals surface area contributed by atoms with E-state index in [0.29, 0.717) is 16.5 Å². The monoisotopic (exact) mass is 360 g/mol. The molecule has 25 heavy (non-hydrogen) atoms. The summed E-state index contributed by atoms with van der Waals surface area (Å²) in [6, 6.07) is 13.2. The predicted molar refractivity (Wildman–Crippen MR) is 91.1 cm³/mol. The summed E-state index contributed by atoms with van der Waals surface area (Å²) in [6.07, 6.45) is 0. The summed E-state index contributed by atoms with van der Waals surface area (Å²) in [5.41, 5.74) is 0.788. The zero-order valence-corrected chi connectivity index (χ0v) is 13.4. The molecule has 2 N–H and O–H groups in total. The molecule has 0 unspecified atom stereocenters. The lowest BCUT2D eigenvalue weighted by Gasteiger charge is -2.08. The van der Waals surface area contributed by atoms with Gasteiger partial charge in [-0.05, 0) is 36.4 Å². The maximum Gasteiger partial charge on any atom is 0.276 e. The van der Waals surface area contributed by atoms with Crippen molar-refractivity contribution in [2.45, 2.75) is 0 Å². The van der Waals surface area contributed by atoms with Gasteiger partial charge in [-0.15, -0.1) is 10.2 Å². The SMILES string of the molecule is O=C(Nc1ccc(F)c(F)c1)c1ccc(Nc2ccccc2Cl)nn1. The van der Waals surface area contributed by atoms with Crippen LogP contribution in [0.25, 0.3) is 0 Å². The average Bonchev–Trinajstić information content (AvgIpc) is 2.61. The molecule has 0 atom stereocenters. The van der Waals surface area contributed by atoms with E-state index >= 15 is 0 Å². The molecule has 0 aliphatic heterocycles. The maximum absolute atomic E-state index is 13.2. The largest absolute Gasteiger partial charge is 0.338 e. The number of halogens is 3. The van der Waals surface area contributed by atoms with E-state index in [1.165, 1.54) is 12.1 Å². The van der Waals surface area contributed by atoms with E-state index in [2.05, 4.69) is 20.8 Å². The lowest BCUT2D eigenvalue weighted by atomic mass is 10.2. The Kier molecular flexibility index (Phi) is 4.85. The van der Waals surface area contributed by atoms with Gasteiger partial charge in [0.2, 0.25) is 0 Å². The van der Waals surface area contributed by atoms with E-state index in [9.17, 15) is 13.6 Å². The number of para-hydroxylation sites is 1. The Hall–Kier alpha value is -3.06. The molecule has 126 valence electrons. The van der Waals surface area contributed by atoms with Crippen molar-refractivity contribution in [2.24, 2.45) is 0 Å². The van der Waals surface area contributed by atoms with Gasteiger partial charge < -0.3 is 10.6 Å². The first-order chi connectivity index (χ1) is 12.0. The molecular weight excluding hydrogens is 350 g/mol. The number of hydrogen-bond donors (Lipinski definition) is 2. The third-order valence-electron chi connectivity index (χ3n) is 3.21. The Labute approximate surface area is 146 Å². The fourth-order valence-electron chi connectivity index (χ4n) is 1.99. The van der Waals surface area contributed by atoms with Crippen LogP contribution in [0, 0.1) is 11.6 Å². The summed E-state index contributed by atoms with van der Waals surface area (Å²) in [5.74, 6) is -2.24. The number of carbonyl (C=O) groups is 1. The number of rotatable bonds is 4.